The number of rotatable bonds is 9. The maximum atomic E-state index is 12.4. The van der Waals surface area contributed by atoms with Gasteiger partial charge in [0.05, 0.1) is 12.3 Å². The van der Waals surface area contributed by atoms with Crippen LogP contribution in [0, 0.1) is 6.92 Å². The summed E-state index contributed by atoms with van der Waals surface area (Å²) in [5.74, 6) is 1.54. The molecule has 0 aliphatic rings. The Bertz CT molecular complexity index is 1220. The van der Waals surface area contributed by atoms with Gasteiger partial charge in [0.2, 0.25) is 5.91 Å². The number of ether oxygens (including phenoxy) is 1. The van der Waals surface area contributed by atoms with E-state index in [-0.39, 0.29) is 11.7 Å². The molecule has 1 N–H and O–H groups in total. The van der Waals surface area contributed by atoms with E-state index in [2.05, 4.69) is 20.5 Å². The summed E-state index contributed by atoms with van der Waals surface area (Å²) in [5.41, 5.74) is 2.85. The molecule has 2 heterocycles. The summed E-state index contributed by atoms with van der Waals surface area (Å²) in [5, 5.41) is 12.8. The number of hydrogen-bond acceptors (Lipinski definition) is 6. The normalized spacial score (nSPS) is 10.7. The summed E-state index contributed by atoms with van der Waals surface area (Å²) in [6.07, 6.45) is 3.41. The molecule has 0 saturated carbocycles. The number of aromatic nitrogens is 4. The lowest BCUT2D eigenvalue weighted by atomic mass is 10.2. The number of nitrogens with zero attached hydrogens (tertiary/aromatic N) is 4. The predicted octanol–water partition coefficient (Wildman–Crippen LogP) is 4.58. The van der Waals surface area contributed by atoms with Crippen molar-refractivity contribution in [3.63, 3.8) is 0 Å². The second-order valence-corrected chi connectivity index (χ2v) is 8.54. The standard InChI is InChI=1S/C24H22ClN5O2S/c1-17-3-2-4-21(15-17)32-14-13-27-22(31)16-33-24-29-28-23(18-9-11-26-12-10-18)30(24)20-7-5-19(25)6-8-20/h2-12,15H,13-14,16H2,1H3,(H,27,31). The first-order valence-corrected chi connectivity index (χ1v) is 11.7. The van der Waals surface area contributed by atoms with Crippen molar-refractivity contribution in [3.8, 4) is 22.8 Å². The van der Waals surface area contributed by atoms with E-state index >= 15 is 0 Å². The number of carbonyl (C=O) groups is 1. The predicted molar refractivity (Wildman–Crippen MR) is 130 cm³/mol. The molecule has 4 aromatic rings. The summed E-state index contributed by atoms with van der Waals surface area (Å²) in [6.45, 7) is 2.82. The summed E-state index contributed by atoms with van der Waals surface area (Å²) in [7, 11) is 0. The number of aryl methyl sites for hydroxylation is 1. The topological polar surface area (TPSA) is 81.9 Å². The maximum Gasteiger partial charge on any atom is 0.230 e. The average Bonchev–Trinajstić information content (AvgIpc) is 3.26. The molecule has 33 heavy (non-hydrogen) atoms. The van der Waals surface area contributed by atoms with Gasteiger partial charge >= 0.3 is 0 Å². The summed E-state index contributed by atoms with van der Waals surface area (Å²) < 4.78 is 7.58. The van der Waals surface area contributed by atoms with Crippen LogP contribution >= 0.6 is 23.4 Å². The van der Waals surface area contributed by atoms with Crippen LogP contribution in [-0.4, -0.2) is 44.6 Å². The van der Waals surface area contributed by atoms with Crippen molar-refractivity contribution in [2.75, 3.05) is 18.9 Å². The largest absolute Gasteiger partial charge is 0.492 e. The molecule has 0 saturated heterocycles. The molecule has 0 fully saturated rings. The molecule has 0 unspecified atom stereocenters. The zero-order valence-electron chi connectivity index (χ0n) is 17.9. The Morgan fingerprint density at radius 3 is 2.64 bits per heavy atom. The van der Waals surface area contributed by atoms with Gasteiger partial charge < -0.3 is 10.1 Å². The van der Waals surface area contributed by atoms with E-state index < -0.39 is 0 Å². The van der Waals surface area contributed by atoms with E-state index in [4.69, 9.17) is 16.3 Å². The molecule has 7 nitrogen and oxygen atoms in total. The van der Waals surface area contributed by atoms with Crippen LogP contribution in [0.4, 0.5) is 0 Å². The molecule has 9 heteroatoms. The van der Waals surface area contributed by atoms with Gasteiger partial charge in [-0.3, -0.25) is 14.3 Å². The SMILES string of the molecule is Cc1cccc(OCCNC(=O)CSc2nnc(-c3ccncc3)n2-c2ccc(Cl)cc2)c1. The van der Waals surface area contributed by atoms with Gasteiger partial charge in [0.25, 0.3) is 0 Å². The Hall–Kier alpha value is -3.36. The smallest absolute Gasteiger partial charge is 0.230 e. The fraction of sp³-hybridized carbons (Fsp3) is 0.167. The number of benzene rings is 2. The van der Waals surface area contributed by atoms with Crippen LogP contribution in [0.5, 0.6) is 5.75 Å². The fourth-order valence-corrected chi connectivity index (χ4v) is 4.03. The minimum Gasteiger partial charge on any atom is -0.492 e. The minimum absolute atomic E-state index is 0.107. The van der Waals surface area contributed by atoms with Crippen molar-refractivity contribution in [2.24, 2.45) is 0 Å². The maximum absolute atomic E-state index is 12.4. The summed E-state index contributed by atoms with van der Waals surface area (Å²) >= 11 is 7.38. The molecular weight excluding hydrogens is 458 g/mol. The van der Waals surface area contributed by atoms with Gasteiger partial charge in [-0.05, 0) is 61.0 Å². The van der Waals surface area contributed by atoms with E-state index in [9.17, 15) is 4.79 Å². The van der Waals surface area contributed by atoms with Crippen molar-refractivity contribution < 1.29 is 9.53 Å². The van der Waals surface area contributed by atoms with Crippen molar-refractivity contribution in [3.05, 3.63) is 83.6 Å². The van der Waals surface area contributed by atoms with Gasteiger partial charge in [0, 0.05) is 28.7 Å². The van der Waals surface area contributed by atoms with Crippen LogP contribution in [-0.2, 0) is 4.79 Å². The van der Waals surface area contributed by atoms with Gasteiger partial charge in [0.1, 0.15) is 12.4 Å². The second-order valence-electron chi connectivity index (χ2n) is 7.16. The number of thioether (sulfide) groups is 1. The van der Waals surface area contributed by atoms with Crippen LogP contribution in [0.3, 0.4) is 0 Å². The zero-order valence-corrected chi connectivity index (χ0v) is 19.5. The molecule has 0 atom stereocenters. The van der Waals surface area contributed by atoms with E-state index in [1.165, 1.54) is 11.8 Å². The highest BCUT2D eigenvalue weighted by molar-refractivity contribution is 7.99. The Morgan fingerprint density at radius 2 is 1.88 bits per heavy atom. The number of pyridine rings is 1. The fourth-order valence-electron chi connectivity index (χ4n) is 3.12. The van der Waals surface area contributed by atoms with Gasteiger partial charge in [-0.1, -0.05) is 35.5 Å². The van der Waals surface area contributed by atoms with Crippen LogP contribution in [0.1, 0.15) is 5.56 Å². The lowest BCUT2D eigenvalue weighted by Gasteiger charge is -2.11. The molecule has 1 amide bonds. The van der Waals surface area contributed by atoms with Crippen molar-refractivity contribution in [1.29, 1.82) is 0 Å². The van der Waals surface area contributed by atoms with Gasteiger partial charge in [-0.25, -0.2) is 0 Å². The monoisotopic (exact) mass is 479 g/mol. The Balaban J connectivity index is 1.39. The minimum atomic E-state index is -0.107. The number of halogens is 1. The molecule has 168 valence electrons. The molecule has 0 aliphatic heterocycles. The molecule has 0 radical (unpaired) electrons. The van der Waals surface area contributed by atoms with Crippen LogP contribution < -0.4 is 10.1 Å². The first-order valence-electron chi connectivity index (χ1n) is 10.3. The molecular formula is C24H22ClN5O2S. The van der Waals surface area contributed by atoms with E-state index in [0.717, 1.165) is 22.6 Å². The lowest BCUT2D eigenvalue weighted by Crippen LogP contribution is -2.29. The molecule has 2 aromatic carbocycles. The van der Waals surface area contributed by atoms with Gasteiger partial charge in [0.15, 0.2) is 11.0 Å². The Morgan fingerprint density at radius 1 is 1.09 bits per heavy atom. The van der Waals surface area contributed by atoms with Crippen molar-refractivity contribution in [2.45, 2.75) is 12.1 Å². The first kappa shape index (κ1) is 22.8. The quantitative estimate of drug-likeness (QED) is 0.279. The van der Waals surface area contributed by atoms with Gasteiger partial charge in [-0.15, -0.1) is 10.2 Å². The number of amides is 1. The highest BCUT2D eigenvalue weighted by Crippen LogP contribution is 2.28. The van der Waals surface area contributed by atoms with Crippen molar-refractivity contribution >= 4 is 29.3 Å². The third-order valence-corrected chi connectivity index (χ3v) is 5.85. The second kappa shape index (κ2) is 11.0. The van der Waals surface area contributed by atoms with Crippen LogP contribution in [0.25, 0.3) is 17.1 Å². The van der Waals surface area contributed by atoms with Crippen LogP contribution in [0.2, 0.25) is 5.02 Å². The van der Waals surface area contributed by atoms with Gasteiger partial charge in [-0.2, -0.15) is 0 Å². The highest BCUT2D eigenvalue weighted by atomic mass is 35.5. The lowest BCUT2D eigenvalue weighted by molar-refractivity contribution is -0.118. The Labute approximate surface area is 201 Å². The van der Waals surface area contributed by atoms with E-state index in [1.54, 1.807) is 12.4 Å². The zero-order chi connectivity index (χ0) is 23.0. The Kier molecular flexibility index (Phi) is 7.59. The molecule has 4 rings (SSSR count). The van der Waals surface area contributed by atoms with Crippen molar-refractivity contribution in [1.82, 2.24) is 25.1 Å². The first-order chi connectivity index (χ1) is 16.1. The molecule has 0 bridgehead atoms. The molecule has 0 aliphatic carbocycles. The van der Waals surface area contributed by atoms with E-state index in [0.29, 0.717) is 29.2 Å². The third kappa shape index (κ3) is 6.12. The number of hydrogen-bond donors (Lipinski definition) is 1. The summed E-state index contributed by atoms with van der Waals surface area (Å²) in [4.78, 5) is 16.4. The number of carbonyl (C=O) groups excluding carboxylic acids is 1. The molecule has 2 aromatic heterocycles. The highest BCUT2D eigenvalue weighted by Gasteiger charge is 2.17. The summed E-state index contributed by atoms with van der Waals surface area (Å²) in [6, 6.07) is 18.9. The van der Waals surface area contributed by atoms with Crippen LogP contribution in [0.15, 0.2) is 78.2 Å². The average molecular weight is 480 g/mol. The molecule has 0 spiro atoms. The third-order valence-electron chi connectivity index (χ3n) is 4.67. The van der Waals surface area contributed by atoms with E-state index in [1.807, 2.05) is 72.2 Å². The number of nitrogens with one attached hydrogen (secondary N) is 1.